The fraction of sp³-hybridized carbons (Fsp3) is 0.364. The molecule has 0 radical (unpaired) electrons. The molecule has 16 heavy (non-hydrogen) atoms. The highest BCUT2D eigenvalue weighted by Gasteiger charge is 2.25. The van der Waals surface area contributed by atoms with Crippen LogP contribution < -0.4 is 5.73 Å². The third kappa shape index (κ3) is 2.87. The minimum atomic E-state index is 0. The van der Waals surface area contributed by atoms with Gasteiger partial charge in [0.15, 0.2) is 0 Å². The van der Waals surface area contributed by atoms with Gasteiger partial charge in [0, 0.05) is 22.7 Å². The molecule has 2 N–H and O–H groups in total. The molecular weight excluding hydrogens is 338 g/mol. The van der Waals surface area contributed by atoms with Gasteiger partial charge in [0.2, 0.25) is 0 Å². The fourth-order valence-electron chi connectivity index (χ4n) is 1.78. The van der Waals surface area contributed by atoms with Crippen molar-refractivity contribution >= 4 is 40.9 Å². The topological polar surface area (TPSA) is 46.3 Å². The third-order valence-electron chi connectivity index (χ3n) is 2.62. The lowest BCUT2D eigenvalue weighted by Crippen LogP contribution is -2.32. The highest BCUT2D eigenvalue weighted by molar-refractivity contribution is 14.1. The van der Waals surface area contributed by atoms with Gasteiger partial charge in [-0.3, -0.25) is 4.79 Å². The summed E-state index contributed by atoms with van der Waals surface area (Å²) in [7, 11) is 0. The molecular formula is C11H14ClIN2O. The molecule has 0 aliphatic carbocycles. The van der Waals surface area contributed by atoms with Gasteiger partial charge in [-0.15, -0.1) is 12.4 Å². The van der Waals surface area contributed by atoms with Crippen LogP contribution in [-0.2, 0) is 0 Å². The third-order valence-corrected chi connectivity index (χ3v) is 3.56. The maximum atomic E-state index is 12.1. The lowest BCUT2D eigenvalue weighted by atomic mass is 10.2. The van der Waals surface area contributed by atoms with Crippen molar-refractivity contribution in [2.45, 2.75) is 12.5 Å². The first-order valence-corrected chi connectivity index (χ1v) is 6.06. The minimum absolute atomic E-state index is 0. The summed E-state index contributed by atoms with van der Waals surface area (Å²) in [5.41, 5.74) is 6.57. The van der Waals surface area contributed by atoms with Gasteiger partial charge in [0.25, 0.3) is 5.91 Å². The van der Waals surface area contributed by atoms with Crippen LogP contribution in [0.1, 0.15) is 16.8 Å². The molecule has 0 unspecified atom stereocenters. The number of likely N-dealkylation sites (tertiary alicyclic amines) is 1. The van der Waals surface area contributed by atoms with E-state index in [2.05, 4.69) is 22.6 Å². The second kappa shape index (κ2) is 5.84. The molecule has 1 fully saturated rings. The molecule has 1 atom stereocenters. The van der Waals surface area contributed by atoms with Gasteiger partial charge in [-0.05, 0) is 41.1 Å². The molecule has 0 saturated carbocycles. The van der Waals surface area contributed by atoms with Crippen molar-refractivity contribution in [2.24, 2.45) is 5.73 Å². The second-order valence-electron chi connectivity index (χ2n) is 3.78. The van der Waals surface area contributed by atoms with E-state index in [0.29, 0.717) is 6.54 Å². The number of amides is 1. The molecule has 5 heteroatoms. The Balaban J connectivity index is 0.00000128. The molecule has 1 saturated heterocycles. The summed E-state index contributed by atoms with van der Waals surface area (Å²) in [6.07, 6.45) is 0.912. The van der Waals surface area contributed by atoms with Gasteiger partial charge in [0.1, 0.15) is 0 Å². The van der Waals surface area contributed by atoms with Crippen molar-refractivity contribution < 1.29 is 4.79 Å². The molecule has 1 aliphatic rings. The number of halogens is 2. The largest absolute Gasteiger partial charge is 0.337 e. The number of nitrogens with two attached hydrogens (primary N) is 1. The van der Waals surface area contributed by atoms with E-state index in [0.717, 1.165) is 22.1 Å². The van der Waals surface area contributed by atoms with E-state index in [1.807, 2.05) is 29.2 Å². The summed E-state index contributed by atoms with van der Waals surface area (Å²) in [4.78, 5) is 13.9. The molecule has 88 valence electrons. The van der Waals surface area contributed by atoms with E-state index >= 15 is 0 Å². The highest BCUT2D eigenvalue weighted by atomic mass is 127. The van der Waals surface area contributed by atoms with Crippen LogP contribution in [0.4, 0.5) is 0 Å². The Morgan fingerprint density at radius 3 is 2.69 bits per heavy atom. The quantitative estimate of drug-likeness (QED) is 0.785. The number of nitrogens with zero attached hydrogens (tertiary/aromatic N) is 1. The van der Waals surface area contributed by atoms with Gasteiger partial charge in [-0.2, -0.15) is 0 Å². The Bertz CT molecular complexity index is 386. The van der Waals surface area contributed by atoms with Crippen molar-refractivity contribution in [2.75, 3.05) is 13.1 Å². The fourth-order valence-corrected chi connectivity index (χ4v) is 2.39. The predicted molar refractivity (Wildman–Crippen MR) is 74.9 cm³/mol. The number of carbonyl (C=O) groups is 1. The average Bonchev–Trinajstić information content (AvgIpc) is 2.65. The number of carbonyl (C=O) groups excluding carboxylic acids is 1. The van der Waals surface area contributed by atoms with Gasteiger partial charge in [-0.1, -0.05) is 12.1 Å². The van der Waals surface area contributed by atoms with Gasteiger partial charge >= 0.3 is 0 Å². The smallest absolute Gasteiger partial charge is 0.254 e. The van der Waals surface area contributed by atoms with Crippen LogP contribution in [0.2, 0.25) is 0 Å². The first-order chi connectivity index (χ1) is 7.18. The molecule has 0 bridgehead atoms. The van der Waals surface area contributed by atoms with Crippen molar-refractivity contribution in [1.29, 1.82) is 0 Å². The number of rotatable bonds is 1. The van der Waals surface area contributed by atoms with Crippen LogP contribution in [0.3, 0.4) is 0 Å². The molecule has 1 aromatic carbocycles. The molecule has 1 heterocycles. The zero-order valence-electron chi connectivity index (χ0n) is 8.73. The maximum Gasteiger partial charge on any atom is 0.254 e. The van der Waals surface area contributed by atoms with Crippen LogP contribution in [-0.4, -0.2) is 29.9 Å². The Morgan fingerprint density at radius 1 is 1.44 bits per heavy atom. The minimum Gasteiger partial charge on any atom is -0.337 e. The Labute approximate surface area is 115 Å². The molecule has 3 nitrogen and oxygen atoms in total. The molecule has 1 aromatic rings. The van der Waals surface area contributed by atoms with E-state index in [4.69, 9.17) is 5.73 Å². The lowest BCUT2D eigenvalue weighted by Gasteiger charge is -2.16. The van der Waals surface area contributed by atoms with Crippen LogP contribution in [0, 0.1) is 3.57 Å². The van der Waals surface area contributed by atoms with Gasteiger partial charge < -0.3 is 10.6 Å². The van der Waals surface area contributed by atoms with Crippen LogP contribution >= 0.6 is 35.0 Å². The summed E-state index contributed by atoms with van der Waals surface area (Å²) >= 11 is 2.19. The first kappa shape index (κ1) is 13.7. The zero-order valence-corrected chi connectivity index (χ0v) is 11.7. The highest BCUT2D eigenvalue weighted by Crippen LogP contribution is 2.17. The monoisotopic (exact) mass is 352 g/mol. The summed E-state index contributed by atoms with van der Waals surface area (Å²) < 4.78 is 1.00. The maximum absolute atomic E-state index is 12.1. The normalized spacial score (nSPS) is 19.4. The van der Waals surface area contributed by atoms with Crippen LogP contribution in [0.15, 0.2) is 24.3 Å². The SMILES string of the molecule is Cl.N[C@H]1CCN(C(=O)c2ccccc2I)C1. The van der Waals surface area contributed by atoms with Crippen molar-refractivity contribution in [3.05, 3.63) is 33.4 Å². The summed E-state index contributed by atoms with van der Waals surface area (Å²) in [6, 6.07) is 7.80. The Hall–Kier alpha value is -0.330. The average molecular weight is 353 g/mol. The molecule has 1 amide bonds. The van der Waals surface area contributed by atoms with E-state index in [-0.39, 0.29) is 24.4 Å². The molecule has 1 aliphatic heterocycles. The van der Waals surface area contributed by atoms with E-state index < -0.39 is 0 Å². The van der Waals surface area contributed by atoms with E-state index in [1.165, 1.54) is 0 Å². The lowest BCUT2D eigenvalue weighted by molar-refractivity contribution is 0.0790. The van der Waals surface area contributed by atoms with Crippen molar-refractivity contribution in [1.82, 2.24) is 4.90 Å². The summed E-state index contributed by atoms with van der Waals surface area (Å²) in [6.45, 7) is 1.47. The summed E-state index contributed by atoms with van der Waals surface area (Å²) in [5.74, 6) is 0.105. The van der Waals surface area contributed by atoms with Crippen LogP contribution in [0.5, 0.6) is 0 Å². The second-order valence-corrected chi connectivity index (χ2v) is 4.94. The van der Waals surface area contributed by atoms with Crippen molar-refractivity contribution in [3.8, 4) is 0 Å². The van der Waals surface area contributed by atoms with Gasteiger partial charge in [-0.25, -0.2) is 0 Å². The zero-order chi connectivity index (χ0) is 10.8. The van der Waals surface area contributed by atoms with Crippen LogP contribution in [0.25, 0.3) is 0 Å². The van der Waals surface area contributed by atoms with E-state index in [1.54, 1.807) is 0 Å². The molecule has 2 rings (SSSR count). The Kier molecular flexibility index (Phi) is 5.01. The number of hydrogen-bond acceptors (Lipinski definition) is 2. The standard InChI is InChI=1S/C11H13IN2O.ClH/c12-10-4-2-1-3-9(10)11(15)14-6-5-8(13)7-14;/h1-4,8H,5-7,13H2;1H/t8-;/m0./s1. The van der Waals surface area contributed by atoms with E-state index in [9.17, 15) is 4.79 Å². The molecule has 0 spiro atoms. The predicted octanol–water partition coefficient (Wildman–Crippen LogP) is 1.89. The Morgan fingerprint density at radius 2 is 2.12 bits per heavy atom. The van der Waals surface area contributed by atoms with Gasteiger partial charge in [0.05, 0.1) is 5.56 Å². The number of benzene rings is 1. The van der Waals surface area contributed by atoms with Crippen molar-refractivity contribution in [3.63, 3.8) is 0 Å². The summed E-state index contributed by atoms with van der Waals surface area (Å²) in [5, 5.41) is 0. The number of hydrogen-bond donors (Lipinski definition) is 1. The first-order valence-electron chi connectivity index (χ1n) is 4.98. The molecule has 0 aromatic heterocycles.